The number of rotatable bonds is 6. The van der Waals surface area contributed by atoms with E-state index in [0.29, 0.717) is 45.4 Å². The molecule has 1 fully saturated rings. The van der Waals surface area contributed by atoms with E-state index in [-0.39, 0.29) is 17.4 Å². The highest BCUT2D eigenvalue weighted by molar-refractivity contribution is 7.22. The van der Waals surface area contributed by atoms with Crippen molar-refractivity contribution in [3.05, 3.63) is 113 Å². The van der Waals surface area contributed by atoms with E-state index in [1.165, 1.54) is 16.2 Å². The number of aliphatic hydroxyl groups is 1. The van der Waals surface area contributed by atoms with Crippen LogP contribution in [0.15, 0.2) is 96.6 Å². The lowest BCUT2D eigenvalue weighted by Crippen LogP contribution is -2.29. The van der Waals surface area contributed by atoms with E-state index in [9.17, 15) is 14.7 Å². The Morgan fingerprint density at radius 2 is 1.77 bits per heavy atom. The van der Waals surface area contributed by atoms with Crippen molar-refractivity contribution in [1.82, 2.24) is 4.98 Å². The molecule has 3 heterocycles. The van der Waals surface area contributed by atoms with Gasteiger partial charge in [-0.3, -0.25) is 14.5 Å². The van der Waals surface area contributed by atoms with Crippen molar-refractivity contribution in [2.24, 2.45) is 0 Å². The minimum absolute atomic E-state index is 0.0167. The number of aliphatic hydroxyl groups excluding tert-OH is 1. The van der Waals surface area contributed by atoms with Crippen LogP contribution in [0.2, 0.25) is 0 Å². The zero-order chi connectivity index (χ0) is 29.7. The van der Waals surface area contributed by atoms with Crippen molar-refractivity contribution >= 4 is 44.1 Å². The summed E-state index contributed by atoms with van der Waals surface area (Å²) >= 11 is 1.27. The molecule has 0 bridgehead atoms. The molecule has 43 heavy (non-hydrogen) atoms. The quantitative estimate of drug-likeness (QED) is 0.129. The SMILES string of the molecule is COc1ccc2nc(N3C(=O)C(=O)/C(=C(\O)c4ccc5c(c4)CC(C)O5)C3c3cccc(Oc4ccccc4)c3)sc2c1. The van der Waals surface area contributed by atoms with Crippen LogP contribution >= 0.6 is 11.3 Å². The highest BCUT2D eigenvalue weighted by atomic mass is 32.1. The van der Waals surface area contributed by atoms with Gasteiger partial charge in [-0.05, 0) is 78.7 Å². The number of Topliss-reactive ketones (excluding diaryl/α,β-unsaturated/α-hetero) is 1. The van der Waals surface area contributed by atoms with Crippen LogP contribution in [0.25, 0.3) is 16.0 Å². The molecule has 1 aromatic heterocycles. The van der Waals surface area contributed by atoms with Gasteiger partial charge in [0, 0.05) is 12.0 Å². The number of amides is 1. The Hall–Kier alpha value is -5.15. The fraction of sp³-hybridized carbons (Fsp3) is 0.147. The van der Waals surface area contributed by atoms with Gasteiger partial charge in [-0.2, -0.15) is 0 Å². The molecular formula is C34H26N2O6S. The molecular weight excluding hydrogens is 564 g/mol. The molecule has 0 radical (unpaired) electrons. The van der Waals surface area contributed by atoms with Crippen LogP contribution < -0.4 is 19.1 Å². The van der Waals surface area contributed by atoms with Crippen molar-refractivity contribution in [2.75, 3.05) is 12.0 Å². The third-order valence-corrected chi connectivity index (χ3v) is 8.57. The van der Waals surface area contributed by atoms with E-state index in [1.807, 2.05) is 61.5 Å². The third kappa shape index (κ3) is 4.77. The average molecular weight is 591 g/mol. The number of methoxy groups -OCH3 is 1. The van der Waals surface area contributed by atoms with E-state index in [0.717, 1.165) is 16.0 Å². The molecule has 9 heteroatoms. The summed E-state index contributed by atoms with van der Waals surface area (Å²) < 4.78 is 18.1. The van der Waals surface area contributed by atoms with E-state index in [1.54, 1.807) is 43.5 Å². The summed E-state index contributed by atoms with van der Waals surface area (Å²) in [5.41, 5.74) is 2.59. The lowest BCUT2D eigenvalue weighted by Gasteiger charge is -2.23. The summed E-state index contributed by atoms with van der Waals surface area (Å²) in [7, 11) is 1.58. The van der Waals surface area contributed by atoms with Crippen LogP contribution in [-0.2, 0) is 16.0 Å². The first-order valence-corrected chi connectivity index (χ1v) is 14.6. The first kappa shape index (κ1) is 26.7. The molecule has 7 rings (SSSR count). The minimum atomic E-state index is -0.954. The summed E-state index contributed by atoms with van der Waals surface area (Å²) in [5.74, 6) is 0.739. The highest BCUT2D eigenvalue weighted by Crippen LogP contribution is 2.46. The van der Waals surface area contributed by atoms with Crippen LogP contribution in [0, 0.1) is 0 Å². The number of carbonyl (C=O) groups is 2. The summed E-state index contributed by atoms with van der Waals surface area (Å²) in [6.45, 7) is 1.98. The van der Waals surface area contributed by atoms with Crippen molar-refractivity contribution in [2.45, 2.75) is 25.5 Å². The number of para-hydroxylation sites is 1. The van der Waals surface area contributed by atoms with Crippen LogP contribution in [0.4, 0.5) is 5.13 Å². The number of hydrogen-bond acceptors (Lipinski definition) is 8. The first-order chi connectivity index (χ1) is 20.9. The number of nitrogens with zero attached hydrogens (tertiary/aromatic N) is 2. The second-order valence-electron chi connectivity index (χ2n) is 10.4. The van der Waals surface area contributed by atoms with E-state index in [4.69, 9.17) is 19.2 Å². The van der Waals surface area contributed by atoms with Crippen LogP contribution in [0.3, 0.4) is 0 Å². The maximum Gasteiger partial charge on any atom is 0.301 e. The van der Waals surface area contributed by atoms with Crippen molar-refractivity contribution in [1.29, 1.82) is 0 Å². The van der Waals surface area contributed by atoms with Gasteiger partial charge in [-0.25, -0.2) is 4.98 Å². The molecule has 4 aromatic carbocycles. The lowest BCUT2D eigenvalue weighted by molar-refractivity contribution is -0.132. The number of fused-ring (bicyclic) bond motifs is 2. The molecule has 8 nitrogen and oxygen atoms in total. The molecule has 2 unspecified atom stereocenters. The molecule has 5 aromatic rings. The molecule has 2 atom stereocenters. The van der Waals surface area contributed by atoms with Crippen molar-refractivity contribution < 1.29 is 28.9 Å². The molecule has 0 saturated carbocycles. The third-order valence-electron chi connectivity index (χ3n) is 7.56. The predicted octanol–water partition coefficient (Wildman–Crippen LogP) is 7.05. The highest BCUT2D eigenvalue weighted by Gasteiger charge is 2.48. The maximum atomic E-state index is 13.8. The van der Waals surface area contributed by atoms with Crippen LogP contribution in [0.5, 0.6) is 23.0 Å². The van der Waals surface area contributed by atoms with Crippen LogP contribution in [0.1, 0.15) is 29.7 Å². The molecule has 0 aliphatic carbocycles. The molecule has 1 saturated heterocycles. The smallest absolute Gasteiger partial charge is 0.301 e. The molecule has 2 aliphatic heterocycles. The maximum absolute atomic E-state index is 13.8. The number of anilines is 1. The zero-order valence-corrected chi connectivity index (χ0v) is 24.1. The summed E-state index contributed by atoms with van der Waals surface area (Å²) in [5, 5.41) is 12.0. The second-order valence-corrected chi connectivity index (χ2v) is 11.5. The summed E-state index contributed by atoms with van der Waals surface area (Å²) in [4.78, 5) is 33.6. The number of aromatic nitrogens is 1. The van der Waals surface area contributed by atoms with Gasteiger partial charge in [0.25, 0.3) is 5.78 Å². The van der Waals surface area contributed by atoms with Gasteiger partial charge in [-0.15, -0.1) is 0 Å². The van der Waals surface area contributed by atoms with Gasteiger partial charge in [0.1, 0.15) is 34.9 Å². The first-order valence-electron chi connectivity index (χ1n) is 13.8. The zero-order valence-electron chi connectivity index (χ0n) is 23.3. The van der Waals surface area contributed by atoms with Gasteiger partial charge < -0.3 is 19.3 Å². The van der Waals surface area contributed by atoms with Gasteiger partial charge in [0.2, 0.25) is 0 Å². The Morgan fingerprint density at radius 3 is 2.58 bits per heavy atom. The van der Waals surface area contributed by atoms with Gasteiger partial charge in [-0.1, -0.05) is 41.7 Å². The molecule has 214 valence electrons. The lowest BCUT2D eigenvalue weighted by atomic mass is 9.94. The normalized spacial score (nSPS) is 19.0. The Bertz CT molecular complexity index is 1930. The average Bonchev–Trinajstić information content (AvgIpc) is 3.69. The fourth-order valence-corrected chi connectivity index (χ4v) is 6.59. The van der Waals surface area contributed by atoms with Crippen molar-refractivity contribution in [3.8, 4) is 23.0 Å². The number of ether oxygens (including phenoxy) is 3. The molecule has 1 N–H and O–H groups in total. The summed E-state index contributed by atoms with van der Waals surface area (Å²) in [6.07, 6.45) is 0.699. The van der Waals surface area contributed by atoms with Crippen LogP contribution in [-0.4, -0.2) is 35.0 Å². The largest absolute Gasteiger partial charge is 0.507 e. The van der Waals surface area contributed by atoms with Gasteiger partial charge >= 0.3 is 5.91 Å². The number of hydrogen-bond donors (Lipinski definition) is 1. The topological polar surface area (TPSA) is 98.2 Å². The Kier molecular flexibility index (Phi) is 6.59. The molecule has 1 amide bonds. The number of carbonyl (C=O) groups excluding carboxylic acids is 2. The molecule has 2 aliphatic rings. The van der Waals surface area contributed by atoms with E-state index < -0.39 is 17.7 Å². The number of thiazole rings is 1. The van der Waals surface area contributed by atoms with E-state index in [2.05, 4.69) is 0 Å². The Balaban J connectivity index is 1.38. The standard InChI is InChI=1S/C34H26N2O6S/c1-19-15-22-16-21(11-14-27(22)41-19)31(37)29-30(20-7-6-10-25(17-20)42-23-8-4-3-5-9-23)36(33(39)32(29)38)34-35-26-13-12-24(40-2)18-28(26)43-34/h3-14,16-19,30,37H,15H2,1-2H3/b31-29-. The van der Waals surface area contributed by atoms with E-state index >= 15 is 0 Å². The number of benzene rings is 4. The Morgan fingerprint density at radius 1 is 0.953 bits per heavy atom. The Labute approximate surface area is 251 Å². The van der Waals surface area contributed by atoms with Crippen molar-refractivity contribution in [3.63, 3.8) is 0 Å². The monoisotopic (exact) mass is 590 g/mol. The van der Waals surface area contributed by atoms with Gasteiger partial charge in [0.15, 0.2) is 5.13 Å². The summed E-state index contributed by atoms with van der Waals surface area (Å²) in [6, 6.07) is 26.3. The fourth-order valence-electron chi connectivity index (χ4n) is 5.57. The number of ketones is 1. The predicted molar refractivity (Wildman–Crippen MR) is 164 cm³/mol. The minimum Gasteiger partial charge on any atom is -0.507 e. The van der Waals surface area contributed by atoms with Gasteiger partial charge in [0.05, 0.1) is 28.9 Å². The second kappa shape index (κ2) is 10.6. The molecule has 0 spiro atoms.